The van der Waals surface area contributed by atoms with Crippen molar-refractivity contribution in [2.24, 2.45) is 11.8 Å². The molecule has 37 heavy (non-hydrogen) atoms. The summed E-state index contributed by atoms with van der Waals surface area (Å²) < 4.78 is 5.16. The molecule has 7 nitrogen and oxygen atoms in total. The summed E-state index contributed by atoms with van der Waals surface area (Å²) in [5.74, 6) is 2.62. The minimum atomic E-state index is -0.210. The Kier molecular flexibility index (Phi) is 6.12. The zero-order chi connectivity index (χ0) is 25.4. The van der Waals surface area contributed by atoms with Crippen LogP contribution >= 0.6 is 0 Å². The maximum absolute atomic E-state index is 12.9. The van der Waals surface area contributed by atoms with E-state index in [1.165, 1.54) is 25.7 Å². The normalized spacial score (nSPS) is 20.5. The van der Waals surface area contributed by atoms with Crippen molar-refractivity contribution in [1.29, 1.82) is 0 Å². The number of carbonyl (C=O) groups is 2. The molecule has 1 aromatic heterocycles. The molecule has 188 valence electrons. The highest BCUT2D eigenvalue weighted by molar-refractivity contribution is 6.06. The van der Waals surface area contributed by atoms with Crippen LogP contribution in [0.2, 0.25) is 0 Å². The lowest BCUT2D eigenvalue weighted by atomic mass is 9.68. The quantitative estimate of drug-likeness (QED) is 0.316. The first-order valence-corrected chi connectivity index (χ1v) is 12.9. The van der Waals surface area contributed by atoms with Crippen molar-refractivity contribution in [2.45, 2.75) is 38.1 Å². The van der Waals surface area contributed by atoms with Crippen LogP contribution in [0, 0.1) is 11.8 Å². The van der Waals surface area contributed by atoms with Crippen LogP contribution in [-0.4, -0.2) is 34.9 Å². The van der Waals surface area contributed by atoms with Crippen LogP contribution in [0.15, 0.2) is 66.7 Å². The van der Waals surface area contributed by atoms with E-state index in [0.29, 0.717) is 40.1 Å². The average Bonchev–Trinajstić information content (AvgIpc) is 3.38. The van der Waals surface area contributed by atoms with Crippen LogP contribution in [0.3, 0.4) is 0 Å². The molecule has 1 atom stereocenters. The summed E-state index contributed by atoms with van der Waals surface area (Å²) >= 11 is 0. The maximum atomic E-state index is 12.9. The number of rotatable bonds is 6. The summed E-state index contributed by atoms with van der Waals surface area (Å²) in [5, 5.41) is 6.18. The van der Waals surface area contributed by atoms with Gasteiger partial charge < -0.3 is 20.4 Å². The smallest absolute Gasteiger partial charge is 0.255 e. The first-order chi connectivity index (χ1) is 18.1. The van der Waals surface area contributed by atoms with Gasteiger partial charge in [-0.05, 0) is 85.7 Å². The number of hydrogen-bond donors (Lipinski definition) is 3. The van der Waals surface area contributed by atoms with Gasteiger partial charge in [0.2, 0.25) is 0 Å². The van der Waals surface area contributed by atoms with Crippen molar-refractivity contribution < 1.29 is 14.3 Å². The summed E-state index contributed by atoms with van der Waals surface area (Å²) in [5.41, 5.74) is 4.29. The van der Waals surface area contributed by atoms with Crippen molar-refractivity contribution in [2.75, 3.05) is 12.4 Å². The molecule has 1 unspecified atom stereocenters. The highest BCUT2D eigenvalue weighted by atomic mass is 16.5. The third-order valence-electron chi connectivity index (χ3n) is 7.88. The Balaban J connectivity index is 1.14. The molecule has 0 saturated heterocycles. The predicted octanol–water partition coefficient (Wildman–Crippen LogP) is 5.80. The van der Waals surface area contributed by atoms with Gasteiger partial charge in [0.15, 0.2) is 0 Å². The predicted molar refractivity (Wildman–Crippen MR) is 144 cm³/mol. The van der Waals surface area contributed by atoms with Gasteiger partial charge in [-0.3, -0.25) is 9.59 Å². The number of nitrogens with one attached hydrogen (secondary N) is 3. The number of aromatic amines is 1. The fourth-order valence-electron chi connectivity index (χ4n) is 5.75. The van der Waals surface area contributed by atoms with Crippen LogP contribution in [0.25, 0.3) is 22.4 Å². The molecular weight excluding hydrogens is 464 g/mol. The summed E-state index contributed by atoms with van der Waals surface area (Å²) in [6, 6.07) is 20.4. The van der Waals surface area contributed by atoms with E-state index >= 15 is 0 Å². The Bertz CT molecular complexity index is 1430. The fourth-order valence-corrected chi connectivity index (χ4v) is 5.75. The Morgan fingerprint density at radius 2 is 1.62 bits per heavy atom. The Morgan fingerprint density at radius 3 is 2.30 bits per heavy atom. The number of aromatic nitrogens is 2. The van der Waals surface area contributed by atoms with Crippen LogP contribution in [0.1, 0.15) is 52.8 Å². The molecule has 3 aliphatic carbocycles. The molecule has 3 N–H and O–H groups in total. The molecule has 0 aliphatic heterocycles. The Labute approximate surface area is 215 Å². The first kappa shape index (κ1) is 23.3. The van der Waals surface area contributed by atoms with Gasteiger partial charge in [0, 0.05) is 28.4 Å². The molecule has 1 heterocycles. The maximum Gasteiger partial charge on any atom is 0.255 e. The molecule has 2 amide bonds. The lowest BCUT2D eigenvalue weighted by Gasteiger charge is -2.42. The molecule has 2 bridgehead atoms. The number of nitrogens with zero attached hydrogens (tertiary/aromatic N) is 1. The summed E-state index contributed by atoms with van der Waals surface area (Å²) in [7, 11) is 1.60. The van der Waals surface area contributed by atoms with E-state index in [2.05, 4.69) is 15.6 Å². The topological polar surface area (TPSA) is 96.1 Å². The summed E-state index contributed by atoms with van der Waals surface area (Å²) in [6.07, 6.45) is 6.24. The molecule has 3 aliphatic rings. The Morgan fingerprint density at radius 1 is 0.892 bits per heavy atom. The second-order valence-electron chi connectivity index (χ2n) is 10.2. The Hall–Kier alpha value is -4.13. The first-order valence-electron chi connectivity index (χ1n) is 12.9. The molecule has 4 aromatic rings. The van der Waals surface area contributed by atoms with Gasteiger partial charge in [-0.1, -0.05) is 25.0 Å². The van der Waals surface area contributed by atoms with Gasteiger partial charge in [0.05, 0.1) is 18.1 Å². The van der Waals surface area contributed by atoms with Crippen LogP contribution < -0.4 is 15.4 Å². The number of hydrogen-bond acceptors (Lipinski definition) is 4. The van der Waals surface area contributed by atoms with Gasteiger partial charge >= 0.3 is 0 Å². The highest BCUT2D eigenvalue weighted by Gasteiger charge is 2.36. The van der Waals surface area contributed by atoms with Crippen molar-refractivity contribution in [1.82, 2.24) is 15.3 Å². The van der Waals surface area contributed by atoms with E-state index in [1.54, 1.807) is 43.5 Å². The monoisotopic (exact) mass is 494 g/mol. The van der Waals surface area contributed by atoms with Crippen molar-refractivity contribution in [3.05, 3.63) is 77.9 Å². The van der Waals surface area contributed by atoms with Crippen LogP contribution in [0.4, 0.5) is 5.69 Å². The molecular formula is C30H30N4O3. The number of H-pyrrole nitrogens is 1. The second-order valence-corrected chi connectivity index (χ2v) is 10.2. The summed E-state index contributed by atoms with van der Waals surface area (Å²) in [6.45, 7) is 0. The number of carbonyl (C=O) groups excluding carboxylic acids is 2. The molecule has 7 rings (SSSR count). The van der Waals surface area contributed by atoms with E-state index in [9.17, 15) is 9.59 Å². The molecule has 7 heteroatoms. The minimum Gasteiger partial charge on any atom is -0.497 e. The van der Waals surface area contributed by atoms with Gasteiger partial charge in [0.1, 0.15) is 11.6 Å². The lowest BCUT2D eigenvalue weighted by molar-refractivity contribution is 0.0810. The van der Waals surface area contributed by atoms with Gasteiger partial charge in [-0.2, -0.15) is 0 Å². The van der Waals surface area contributed by atoms with Crippen LogP contribution in [-0.2, 0) is 0 Å². The van der Waals surface area contributed by atoms with E-state index in [0.717, 1.165) is 29.2 Å². The van der Waals surface area contributed by atoms with Gasteiger partial charge in [-0.25, -0.2) is 4.98 Å². The highest BCUT2D eigenvalue weighted by Crippen LogP contribution is 2.41. The van der Waals surface area contributed by atoms with Crippen molar-refractivity contribution in [3.8, 4) is 17.1 Å². The standard InChI is InChI=1S/C30H30N4O3/c1-37-24-13-11-23(12-14-24)31-30(36)22-10-15-25-27(17-22)33-28(32-25)20-6-8-21(9-7-20)29(35)34-26-16-18-2-4-19(26)5-3-18/h6-15,17-19,26H,2-5,16H2,1H3,(H,31,36)(H,32,33)(H,34,35). The number of fused-ring (bicyclic) bond motifs is 4. The molecule has 3 aromatic carbocycles. The van der Waals surface area contributed by atoms with Crippen molar-refractivity contribution in [3.63, 3.8) is 0 Å². The zero-order valence-corrected chi connectivity index (χ0v) is 20.8. The average molecular weight is 495 g/mol. The molecule has 0 radical (unpaired) electrons. The SMILES string of the molecule is COc1ccc(NC(=O)c2ccc3[nH]c(-c4ccc(C(=O)NC5CC6CCC5CC6)cc4)nc3c2)cc1. The summed E-state index contributed by atoms with van der Waals surface area (Å²) in [4.78, 5) is 33.6. The zero-order valence-electron chi connectivity index (χ0n) is 20.8. The lowest BCUT2D eigenvalue weighted by Crippen LogP contribution is -2.47. The van der Waals surface area contributed by atoms with E-state index in [4.69, 9.17) is 9.72 Å². The number of anilines is 1. The fraction of sp³-hybridized carbons (Fsp3) is 0.300. The van der Waals surface area contributed by atoms with E-state index in [-0.39, 0.29) is 11.8 Å². The van der Waals surface area contributed by atoms with Gasteiger partial charge in [-0.15, -0.1) is 0 Å². The third kappa shape index (κ3) is 4.81. The number of ether oxygens (including phenoxy) is 1. The number of benzene rings is 3. The number of imidazole rings is 1. The van der Waals surface area contributed by atoms with Crippen molar-refractivity contribution >= 4 is 28.5 Å². The van der Waals surface area contributed by atoms with E-state index in [1.807, 2.05) is 30.3 Å². The third-order valence-corrected chi connectivity index (χ3v) is 7.88. The van der Waals surface area contributed by atoms with Crippen LogP contribution in [0.5, 0.6) is 5.75 Å². The minimum absolute atomic E-state index is 0.00113. The number of methoxy groups -OCH3 is 1. The largest absolute Gasteiger partial charge is 0.497 e. The molecule has 0 spiro atoms. The number of amides is 2. The molecule has 3 fully saturated rings. The van der Waals surface area contributed by atoms with Gasteiger partial charge in [0.25, 0.3) is 11.8 Å². The van der Waals surface area contributed by atoms with E-state index < -0.39 is 0 Å². The molecule has 3 saturated carbocycles. The second kappa shape index (κ2) is 9.73.